The minimum Gasteiger partial charge on any atom is -0.491 e. The quantitative estimate of drug-likeness (QED) is 0.179. The SMILES string of the molecule is CN=C(NCCCc1nnc2ccccn12)NCc1ccc(C)cc1OCCOC.I. The first-order valence-corrected chi connectivity index (χ1v) is 10.2. The van der Waals surface area contributed by atoms with Gasteiger partial charge in [0.05, 0.1) is 6.61 Å². The lowest BCUT2D eigenvalue weighted by atomic mass is 10.1. The monoisotopic (exact) mass is 538 g/mol. The van der Waals surface area contributed by atoms with Crippen molar-refractivity contribution in [3.8, 4) is 5.75 Å². The van der Waals surface area contributed by atoms with Crippen LogP contribution in [0.1, 0.15) is 23.4 Å². The number of pyridine rings is 1. The molecule has 0 spiro atoms. The van der Waals surface area contributed by atoms with Crippen molar-refractivity contribution in [3.05, 3.63) is 59.5 Å². The van der Waals surface area contributed by atoms with Gasteiger partial charge in [0.15, 0.2) is 11.6 Å². The van der Waals surface area contributed by atoms with Gasteiger partial charge in [0.1, 0.15) is 18.2 Å². The number of guanidine groups is 1. The van der Waals surface area contributed by atoms with Gasteiger partial charge < -0.3 is 20.1 Å². The number of ether oxygens (including phenoxy) is 2. The van der Waals surface area contributed by atoms with Crippen LogP contribution in [0.15, 0.2) is 47.6 Å². The van der Waals surface area contributed by atoms with E-state index in [2.05, 4.69) is 44.9 Å². The second-order valence-electron chi connectivity index (χ2n) is 6.95. The Morgan fingerprint density at radius 1 is 1.13 bits per heavy atom. The number of methoxy groups -OCH3 is 1. The number of hydrogen-bond donors (Lipinski definition) is 2. The van der Waals surface area contributed by atoms with E-state index >= 15 is 0 Å². The first kappa shape index (κ1) is 24.9. The van der Waals surface area contributed by atoms with Crippen LogP contribution in [0.4, 0.5) is 0 Å². The number of aromatic nitrogens is 3. The zero-order valence-electron chi connectivity index (χ0n) is 18.3. The van der Waals surface area contributed by atoms with E-state index in [9.17, 15) is 0 Å². The Hall–Kier alpha value is -2.40. The maximum atomic E-state index is 5.86. The molecule has 9 heteroatoms. The van der Waals surface area contributed by atoms with E-state index in [0.29, 0.717) is 19.8 Å². The highest BCUT2D eigenvalue weighted by molar-refractivity contribution is 14.0. The predicted octanol–water partition coefficient (Wildman–Crippen LogP) is 2.98. The van der Waals surface area contributed by atoms with E-state index in [-0.39, 0.29) is 24.0 Å². The summed E-state index contributed by atoms with van der Waals surface area (Å²) >= 11 is 0. The molecule has 0 aliphatic rings. The average molecular weight is 538 g/mol. The molecule has 2 heterocycles. The van der Waals surface area contributed by atoms with Crippen molar-refractivity contribution in [3.63, 3.8) is 0 Å². The third-order valence-electron chi connectivity index (χ3n) is 4.69. The molecule has 2 aromatic heterocycles. The number of hydrogen-bond acceptors (Lipinski definition) is 5. The number of halogens is 1. The van der Waals surface area contributed by atoms with Crippen LogP contribution in [-0.4, -0.2) is 54.5 Å². The summed E-state index contributed by atoms with van der Waals surface area (Å²) in [6.07, 6.45) is 3.75. The third-order valence-corrected chi connectivity index (χ3v) is 4.69. The van der Waals surface area contributed by atoms with Crippen molar-refractivity contribution in [1.29, 1.82) is 0 Å². The molecule has 31 heavy (non-hydrogen) atoms. The van der Waals surface area contributed by atoms with Crippen LogP contribution in [-0.2, 0) is 17.7 Å². The first-order valence-electron chi connectivity index (χ1n) is 10.2. The van der Waals surface area contributed by atoms with Gasteiger partial charge in [0.2, 0.25) is 0 Å². The molecule has 1 aromatic carbocycles. The van der Waals surface area contributed by atoms with Crippen LogP contribution >= 0.6 is 24.0 Å². The number of nitrogens with zero attached hydrogens (tertiary/aromatic N) is 4. The van der Waals surface area contributed by atoms with Gasteiger partial charge in [-0.1, -0.05) is 18.2 Å². The lowest BCUT2D eigenvalue weighted by molar-refractivity contribution is 0.145. The molecule has 0 unspecified atom stereocenters. The van der Waals surface area contributed by atoms with Crippen LogP contribution in [0.3, 0.4) is 0 Å². The van der Waals surface area contributed by atoms with Gasteiger partial charge in [0.25, 0.3) is 0 Å². The molecule has 0 bridgehead atoms. The van der Waals surface area contributed by atoms with Gasteiger partial charge in [-0.2, -0.15) is 0 Å². The Kier molecular flexibility index (Phi) is 10.5. The summed E-state index contributed by atoms with van der Waals surface area (Å²) in [7, 11) is 3.44. The van der Waals surface area contributed by atoms with E-state index in [1.807, 2.05) is 34.9 Å². The van der Waals surface area contributed by atoms with Crippen LogP contribution < -0.4 is 15.4 Å². The first-order chi connectivity index (χ1) is 14.7. The Labute approximate surface area is 200 Å². The largest absolute Gasteiger partial charge is 0.491 e. The van der Waals surface area contributed by atoms with Gasteiger partial charge in [-0.15, -0.1) is 34.2 Å². The van der Waals surface area contributed by atoms with Crippen molar-refractivity contribution >= 4 is 35.6 Å². The molecular formula is C22H31IN6O2. The molecule has 0 saturated carbocycles. The predicted molar refractivity (Wildman–Crippen MR) is 133 cm³/mol. The summed E-state index contributed by atoms with van der Waals surface area (Å²) in [6, 6.07) is 12.1. The van der Waals surface area contributed by atoms with Gasteiger partial charge >= 0.3 is 0 Å². The maximum absolute atomic E-state index is 5.86. The van der Waals surface area contributed by atoms with Crippen LogP contribution in [0.25, 0.3) is 5.65 Å². The highest BCUT2D eigenvalue weighted by Gasteiger charge is 2.07. The third kappa shape index (κ3) is 7.35. The second-order valence-corrected chi connectivity index (χ2v) is 6.95. The van der Waals surface area contributed by atoms with Gasteiger partial charge in [-0.25, -0.2) is 0 Å². The molecule has 0 aliphatic heterocycles. The van der Waals surface area contributed by atoms with Crippen molar-refractivity contribution < 1.29 is 9.47 Å². The molecule has 2 N–H and O–H groups in total. The summed E-state index contributed by atoms with van der Waals surface area (Å²) < 4.78 is 13.0. The Balaban J connectivity index is 0.00000341. The van der Waals surface area contributed by atoms with Crippen molar-refractivity contribution in [2.45, 2.75) is 26.3 Å². The fourth-order valence-corrected chi connectivity index (χ4v) is 3.09. The number of aliphatic imine (C=N–C) groups is 1. The normalized spacial score (nSPS) is 11.3. The molecule has 0 atom stereocenters. The topological polar surface area (TPSA) is 85.1 Å². The molecule has 0 aliphatic carbocycles. The standard InChI is InChI=1S/C22H30N6O2.HI/c1-17-9-10-18(19(15-17)30-14-13-29-3)16-25-22(23-2)24-11-6-8-21-27-26-20-7-4-5-12-28(20)21;/h4-5,7,9-10,12,15H,6,8,11,13-14,16H2,1-3H3,(H2,23,24,25);1H. The highest BCUT2D eigenvalue weighted by atomic mass is 127. The number of fused-ring (bicyclic) bond motifs is 1. The second kappa shape index (κ2) is 13.1. The number of aryl methyl sites for hydroxylation is 2. The minimum absolute atomic E-state index is 0. The van der Waals surface area contributed by atoms with E-state index in [0.717, 1.165) is 53.7 Å². The highest BCUT2D eigenvalue weighted by Crippen LogP contribution is 2.20. The van der Waals surface area contributed by atoms with Crippen molar-refractivity contribution in [2.75, 3.05) is 33.9 Å². The zero-order valence-corrected chi connectivity index (χ0v) is 20.6. The van der Waals surface area contributed by atoms with Crippen LogP contribution in [0, 0.1) is 6.92 Å². The van der Waals surface area contributed by atoms with Crippen molar-refractivity contribution in [1.82, 2.24) is 25.2 Å². The van der Waals surface area contributed by atoms with Gasteiger partial charge in [-0.05, 0) is 37.1 Å². The fraction of sp³-hybridized carbons (Fsp3) is 0.409. The Bertz CT molecular complexity index is 976. The summed E-state index contributed by atoms with van der Waals surface area (Å²) in [5.41, 5.74) is 3.11. The number of benzene rings is 1. The Morgan fingerprint density at radius 3 is 2.81 bits per heavy atom. The molecule has 0 saturated heterocycles. The molecular weight excluding hydrogens is 507 g/mol. The molecule has 0 radical (unpaired) electrons. The van der Waals surface area contributed by atoms with Gasteiger partial charge in [-0.3, -0.25) is 9.39 Å². The average Bonchev–Trinajstić information content (AvgIpc) is 3.17. The lowest BCUT2D eigenvalue weighted by Crippen LogP contribution is -2.37. The maximum Gasteiger partial charge on any atom is 0.191 e. The fourth-order valence-electron chi connectivity index (χ4n) is 3.09. The molecule has 0 fully saturated rings. The van der Waals surface area contributed by atoms with Crippen LogP contribution in [0.5, 0.6) is 5.75 Å². The minimum atomic E-state index is 0. The molecule has 8 nitrogen and oxygen atoms in total. The summed E-state index contributed by atoms with van der Waals surface area (Å²) in [4.78, 5) is 4.31. The number of nitrogens with one attached hydrogen (secondary N) is 2. The van der Waals surface area contributed by atoms with Gasteiger partial charge in [0, 0.05) is 45.4 Å². The van der Waals surface area contributed by atoms with Crippen molar-refractivity contribution in [2.24, 2.45) is 4.99 Å². The summed E-state index contributed by atoms with van der Waals surface area (Å²) in [6.45, 7) is 4.55. The molecule has 3 aromatic rings. The smallest absolute Gasteiger partial charge is 0.191 e. The Morgan fingerprint density at radius 2 is 2.00 bits per heavy atom. The molecule has 3 rings (SSSR count). The molecule has 0 amide bonds. The van der Waals surface area contributed by atoms with Crippen LogP contribution in [0.2, 0.25) is 0 Å². The van der Waals surface area contributed by atoms with E-state index in [4.69, 9.17) is 9.47 Å². The zero-order chi connectivity index (χ0) is 21.2. The summed E-state index contributed by atoms with van der Waals surface area (Å²) in [5, 5.41) is 15.2. The van der Waals surface area contributed by atoms with E-state index in [1.165, 1.54) is 0 Å². The summed E-state index contributed by atoms with van der Waals surface area (Å²) in [5.74, 6) is 2.59. The molecule has 168 valence electrons. The van der Waals surface area contributed by atoms with E-state index < -0.39 is 0 Å². The van der Waals surface area contributed by atoms with E-state index in [1.54, 1.807) is 14.2 Å². The number of rotatable bonds is 10. The lowest BCUT2D eigenvalue weighted by Gasteiger charge is -2.15.